The maximum atomic E-state index is 8.74. The zero-order valence-corrected chi connectivity index (χ0v) is 6.81. The molecule has 0 aromatic rings. The van der Waals surface area contributed by atoms with Gasteiger partial charge in [-0.05, 0) is 0 Å². The van der Waals surface area contributed by atoms with E-state index in [1.54, 1.807) is 0 Å². The quantitative estimate of drug-likeness (QED) is 0.400. The van der Waals surface area contributed by atoms with Crippen LogP contribution >= 0.6 is 0 Å². The predicted octanol–water partition coefficient (Wildman–Crippen LogP) is -4.78. The minimum absolute atomic E-state index is 0. The van der Waals surface area contributed by atoms with E-state index in [0.717, 1.165) is 0 Å². The van der Waals surface area contributed by atoms with Crippen LogP contribution in [0.5, 0.6) is 0 Å². The summed E-state index contributed by atoms with van der Waals surface area (Å²) in [5.74, 6) is 0. The van der Waals surface area contributed by atoms with Crippen molar-refractivity contribution >= 4 is 10.4 Å². The first-order valence-corrected chi connectivity index (χ1v) is 2.10. The van der Waals surface area contributed by atoms with E-state index in [9.17, 15) is 0 Å². The molecule has 0 aliphatic carbocycles. The summed E-state index contributed by atoms with van der Waals surface area (Å²) < 4.78 is 31.6. The first kappa shape index (κ1) is 66.4. The Bertz CT molecular complexity index is 92.7. The van der Waals surface area contributed by atoms with Crippen LogP contribution in [-0.2, 0) is 27.2 Å². The van der Waals surface area contributed by atoms with E-state index in [4.69, 9.17) is 17.5 Å². The Morgan fingerprint density at radius 1 is 0.727 bits per heavy atom. The van der Waals surface area contributed by atoms with E-state index in [1.165, 1.54) is 0 Å². The van der Waals surface area contributed by atoms with Crippen molar-refractivity contribution in [3.8, 4) is 0 Å². The molecule has 81 valence electrons. The molecule has 0 fully saturated rings. The molecule has 11 heteroatoms. The Morgan fingerprint density at radius 3 is 0.727 bits per heavy atom. The van der Waals surface area contributed by atoms with Crippen LogP contribution in [0.15, 0.2) is 0 Å². The molecule has 0 saturated carbocycles. The zero-order valence-electron chi connectivity index (χ0n) is 4.95. The van der Waals surface area contributed by atoms with E-state index in [0.29, 0.717) is 0 Å². The molecule has 12 N–H and O–H groups in total. The normalized spacial score (nSPS) is 5.27. The molecular formula is H12CoO9S. The van der Waals surface area contributed by atoms with Gasteiger partial charge < -0.3 is 27.4 Å². The van der Waals surface area contributed by atoms with E-state index in [2.05, 4.69) is 0 Å². The summed E-state index contributed by atoms with van der Waals surface area (Å²) in [6.45, 7) is 0. The van der Waals surface area contributed by atoms with Crippen molar-refractivity contribution < 1.29 is 61.7 Å². The van der Waals surface area contributed by atoms with Crippen LogP contribution in [0.3, 0.4) is 0 Å². The van der Waals surface area contributed by atoms with Crippen LogP contribution in [0, 0.1) is 0 Å². The molecule has 0 aromatic heterocycles. The molecule has 0 unspecified atom stereocenters. The molecule has 0 aliphatic heterocycles. The van der Waals surface area contributed by atoms with Crippen molar-refractivity contribution in [1.29, 1.82) is 0 Å². The van der Waals surface area contributed by atoms with Gasteiger partial charge in [-0.15, -0.1) is 0 Å². The molecule has 0 aromatic carbocycles. The predicted molar refractivity (Wildman–Crippen MR) is 32.2 cm³/mol. The van der Waals surface area contributed by atoms with Gasteiger partial charge in [-0.3, -0.25) is 9.11 Å². The molecule has 0 heterocycles. The van der Waals surface area contributed by atoms with E-state index >= 15 is 0 Å². The maximum Gasteiger partial charge on any atom is 0.394 e. The van der Waals surface area contributed by atoms with Crippen LogP contribution in [0.1, 0.15) is 0 Å². The SMILES string of the molecule is O.O.O.O.O.O=S(=O)(O)O.[Co]. The van der Waals surface area contributed by atoms with Crippen molar-refractivity contribution in [2.45, 2.75) is 0 Å². The second-order valence-electron chi connectivity index (χ2n) is 0.448. The molecule has 1 radical (unpaired) electrons. The molecule has 9 nitrogen and oxygen atoms in total. The molecule has 11 heavy (non-hydrogen) atoms. The average molecular weight is 247 g/mol. The Hall–Kier alpha value is 0.176. The van der Waals surface area contributed by atoms with Gasteiger partial charge in [-0.25, -0.2) is 0 Å². The second-order valence-corrected chi connectivity index (χ2v) is 1.34. The number of hydrogen-bond acceptors (Lipinski definition) is 2. The molecule has 0 amide bonds. The van der Waals surface area contributed by atoms with Gasteiger partial charge >= 0.3 is 10.4 Å². The summed E-state index contributed by atoms with van der Waals surface area (Å²) >= 11 is 0. The maximum absolute atomic E-state index is 8.74. The molecule has 0 spiro atoms. The van der Waals surface area contributed by atoms with Crippen molar-refractivity contribution in [3.63, 3.8) is 0 Å². The van der Waals surface area contributed by atoms with Gasteiger partial charge in [0.2, 0.25) is 0 Å². The Balaban J connectivity index is -0.00000000533. The Kier molecular flexibility index (Phi) is 136. The van der Waals surface area contributed by atoms with Gasteiger partial charge in [0, 0.05) is 16.8 Å². The van der Waals surface area contributed by atoms with Crippen molar-refractivity contribution in [3.05, 3.63) is 0 Å². The average Bonchev–Trinajstić information content (AvgIpc) is 0.722. The molecular weight excluding hydrogens is 235 g/mol. The molecule has 0 aliphatic rings. The summed E-state index contributed by atoms with van der Waals surface area (Å²) in [6.07, 6.45) is 0. The summed E-state index contributed by atoms with van der Waals surface area (Å²) in [4.78, 5) is 0. The number of hydrogen-bond donors (Lipinski definition) is 2. The molecule has 0 atom stereocenters. The van der Waals surface area contributed by atoms with Gasteiger partial charge in [-0.1, -0.05) is 0 Å². The van der Waals surface area contributed by atoms with Crippen LogP contribution < -0.4 is 0 Å². The molecule has 0 bridgehead atoms. The minimum atomic E-state index is -4.67. The van der Waals surface area contributed by atoms with Gasteiger partial charge in [0.1, 0.15) is 0 Å². The third-order valence-electron chi connectivity index (χ3n) is 0. The fourth-order valence-electron chi connectivity index (χ4n) is 0. The Labute approximate surface area is 72.7 Å². The fraction of sp³-hybridized carbons (Fsp3) is 0. The standard InChI is InChI=1S/Co.H2O4S.5H2O/c;1-5(2,3)4;;;;;/h;(H2,1,2,3,4);5*1H2. The summed E-state index contributed by atoms with van der Waals surface area (Å²) in [5.41, 5.74) is 0. The van der Waals surface area contributed by atoms with Crippen molar-refractivity contribution in [1.82, 2.24) is 0 Å². The largest absolute Gasteiger partial charge is 0.412 e. The van der Waals surface area contributed by atoms with Crippen molar-refractivity contribution in [2.75, 3.05) is 0 Å². The van der Waals surface area contributed by atoms with Gasteiger partial charge in [-0.2, -0.15) is 8.42 Å². The second kappa shape index (κ2) is 22.5. The minimum Gasteiger partial charge on any atom is -0.412 e. The first-order chi connectivity index (χ1) is 2.00. The van der Waals surface area contributed by atoms with Crippen molar-refractivity contribution in [2.24, 2.45) is 0 Å². The Morgan fingerprint density at radius 2 is 0.727 bits per heavy atom. The summed E-state index contributed by atoms with van der Waals surface area (Å²) in [7, 11) is -4.67. The molecule has 0 saturated heterocycles. The van der Waals surface area contributed by atoms with Crippen LogP contribution in [0.4, 0.5) is 0 Å². The summed E-state index contributed by atoms with van der Waals surface area (Å²) in [6, 6.07) is 0. The third-order valence-corrected chi connectivity index (χ3v) is 0. The molecule has 0 rings (SSSR count). The zero-order chi connectivity index (χ0) is 4.50. The first-order valence-electron chi connectivity index (χ1n) is 0.698. The van der Waals surface area contributed by atoms with Gasteiger partial charge in [0.05, 0.1) is 0 Å². The monoisotopic (exact) mass is 247 g/mol. The topological polar surface area (TPSA) is 232 Å². The van der Waals surface area contributed by atoms with E-state index in [1.807, 2.05) is 0 Å². The number of rotatable bonds is 0. The van der Waals surface area contributed by atoms with E-state index in [-0.39, 0.29) is 44.2 Å². The smallest absolute Gasteiger partial charge is 0.394 e. The third kappa shape index (κ3) is 21800. The van der Waals surface area contributed by atoms with E-state index < -0.39 is 10.4 Å². The van der Waals surface area contributed by atoms with Crippen LogP contribution in [-0.4, -0.2) is 44.9 Å². The van der Waals surface area contributed by atoms with Crippen LogP contribution in [0.2, 0.25) is 0 Å². The van der Waals surface area contributed by atoms with Crippen LogP contribution in [0.25, 0.3) is 0 Å². The van der Waals surface area contributed by atoms with Gasteiger partial charge in [0.15, 0.2) is 0 Å². The summed E-state index contributed by atoms with van der Waals surface area (Å²) in [5, 5.41) is 0. The fourth-order valence-corrected chi connectivity index (χ4v) is 0. The van der Waals surface area contributed by atoms with Gasteiger partial charge in [0.25, 0.3) is 0 Å².